The molecule has 0 amide bonds. The number of nitrogens with zero attached hydrogens (tertiary/aromatic N) is 3. The van der Waals surface area contributed by atoms with Crippen LogP contribution in [0.3, 0.4) is 0 Å². The summed E-state index contributed by atoms with van der Waals surface area (Å²) in [7, 11) is 1.79. The molecule has 0 saturated carbocycles. The standard InChI is InChI=1S/C22H27N5S/c1-17-9-10-19(20(13-17)28-3)14-25-22(23-2)26-15-21-24-11-12-27(21)16-18-7-5-4-6-8-18/h4-13H,14-16H2,1-3H3,(H2,23,25,26). The summed E-state index contributed by atoms with van der Waals surface area (Å²) in [4.78, 5) is 10.1. The molecule has 0 saturated heterocycles. The molecular formula is C22H27N5S. The Bertz CT molecular complexity index is 918. The zero-order chi connectivity index (χ0) is 19.8. The van der Waals surface area contributed by atoms with Crippen molar-refractivity contribution in [1.82, 2.24) is 20.2 Å². The van der Waals surface area contributed by atoms with E-state index in [1.807, 2.05) is 18.5 Å². The van der Waals surface area contributed by atoms with Crippen molar-refractivity contribution in [2.75, 3.05) is 13.3 Å². The van der Waals surface area contributed by atoms with Crippen LogP contribution >= 0.6 is 11.8 Å². The van der Waals surface area contributed by atoms with Crippen LogP contribution in [0.15, 0.2) is 70.8 Å². The molecule has 0 aliphatic heterocycles. The Morgan fingerprint density at radius 3 is 2.64 bits per heavy atom. The fourth-order valence-electron chi connectivity index (χ4n) is 2.99. The summed E-state index contributed by atoms with van der Waals surface area (Å²) in [6.07, 6.45) is 5.96. The van der Waals surface area contributed by atoms with Gasteiger partial charge in [0.25, 0.3) is 0 Å². The lowest BCUT2D eigenvalue weighted by molar-refractivity contribution is 0.687. The van der Waals surface area contributed by atoms with Crippen LogP contribution in [0.4, 0.5) is 0 Å². The van der Waals surface area contributed by atoms with Gasteiger partial charge in [-0.1, -0.05) is 42.5 Å². The molecule has 2 N–H and O–H groups in total. The van der Waals surface area contributed by atoms with E-state index in [1.165, 1.54) is 21.6 Å². The van der Waals surface area contributed by atoms with Crippen LogP contribution in [0.25, 0.3) is 0 Å². The maximum atomic E-state index is 4.49. The minimum atomic E-state index is 0.614. The summed E-state index contributed by atoms with van der Waals surface area (Å²) in [5, 5.41) is 6.77. The zero-order valence-corrected chi connectivity index (χ0v) is 17.5. The SMILES string of the molecule is CN=C(NCc1ccc(C)cc1SC)NCc1nccn1Cc1ccccc1. The number of imidazole rings is 1. The molecule has 1 heterocycles. The lowest BCUT2D eigenvalue weighted by atomic mass is 10.1. The minimum Gasteiger partial charge on any atom is -0.352 e. The van der Waals surface area contributed by atoms with Gasteiger partial charge in [-0.25, -0.2) is 4.98 Å². The van der Waals surface area contributed by atoms with Gasteiger partial charge in [0.2, 0.25) is 0 Å². The van der Waals surface area contributed by atoms with Crippen molar-refractivity contribution in [2.24, 2.45) is 4.99 Å². The molecule has 0 atom stereocenters. The molecule has 0 fully saturated rings. The minimum absolute atomic E-state index is 0.614. The Kier molecular flexibility index (Phi) is 7.14. The number of aliphatic imine (C=N–C) groups is 1. The number of rotatable bonds is 7. The molecule has 2 aromatic carbocycles. The molecule has 0 aliphatic rings. The van der Waals surface area contributed by atoms with Crippen LogP contribution in [-0.2, 0) is 19.6 Å². The largest absolute Gasteiger partial charge is 0.352 e. The number of benzene rings is 2. The Hall–Kier alpha value is -2.73. The highest BCUT2D eigenvalue weighted by Gasteiger charge is 2.07. The van der Waals surface area contributed by atoms with Gasteiger partial charge in [-0.15, -0.1) is 11.8 Å². The van der Waals surface area contributed by atoms with Crippen molar-refractivity contribution < 1.29 is 0 Å². The summed E-state index contributed by atoms with van der Waals surface area (Å²) < 4.78 is 2.15. The molecule has 3 rings (SSSR count). The molecule has 1 aromatic heterocycles. The highest BCUT2D eigenvalue weighted by atomic mass is 32.2. The smallest absolute Gasteiger partial charge is 0.191 e. The fourth-order valence-corrected chi connectivity index (χ4v) is 3.70. The molecular weight excluding hydrogens is 366 g/mol. The van der Waals surface area contributed by atoms with E-state index >= 15 is 0 Å². The predicted octanol–water partition coefficient (Wildman–Crippen LogP) is 3.83. The van der Waals surface area contributed by atoms with Crippen LogP contribution in [0.2, 0.25) is 0 Å². The highest BCUT2D eigenvalue weighted by Crippen LogP contribution is 2.21. The Morgan fingerprint density at radius 1 is 1.11 bits per heavy atom. The first kappa shape index (κ1) is 20.0. The monoisotopic (exact) mass is 393 g/mol. The number of aromatic nitrogens is 2. The Labute approximate surface area is 171 Å². The van der Waals surface area contributed by atoms with E-state index in [4.69, 9.17) is 0 Å². The van der Waals surface area contributed by atoms with Crippen molar-refractivity contribution in [3.05, 3.63) is 83.4 Å². The zero-order valence-electron chi connectivity index (χ0n) is 16.6. The van der Waals surface area contributed by atoms with E-state index in [1.54, 1.807) is 18.8 Å². The Morgan fingerprint density at radius 2 is 1.89 bits per heavy atom. The van der Waals surface area contributed by atoms with Crippen LogP contribution in [0.5, 0.6) is 0 Å². The molecule has 28 heavy (non-hydrogen) atoms. The van der Waals surface area contributed by atoms with Crippen LogP contribution in [-0.4, -0.2) is 28.8 Å². The van der Waals surface area contributed by atoms with Crippen molar-refractivity contribution >= 4 is 17.7 Å². The maximum Gasteiger partial charge on any atom is 0.191 e. The number of hydrogen-bond donors (Lipinski definition) is 2. The third-order valence-corrected chi connectivity index (χ3v) is 5.34. The first-order valence-electron chi connectivity index (χ1n) is 9.31. The Balaban J connectivity index is 1.57. The van der Waals surface area contributed by atoms with Gasteiger partial charge in [-0.2, -0.15) is 0 Å². The summed E-state index contributed by atoms with van der Waals surface area (Å²) in [5.74, 6) is 1.74. The number of guanidine groups is 1. The van der Waals surface area contributed by atoms with E-state index in [-0.39, 0.29) is 0 Å². The second-order valence-electron chi connectivity index (χ2n) is 6.55. The first-order valence-corrected chi connectivity index (χ1v) is 10.5. The molecule has 5 nitrogen and oxygen atoms in total. The van der Waals surface area contributed by atoms with Gasteiger partial charge in [-0.3, -0.25) is 4.99 Å². The molecule has 146 valence electrons. The van der Waals surface area contributed by atoms with Gasteiger partial charge in [-0.05, 0) is 35.9 Å². The van der Waals surface area contributed by atoms with Crippen molar-refractivity contribution in [3.8, 4) is 0 Å². The quantitative estimate of drug-likeness (QED) is 0.364. The second-order valence-corrected chi connectivity index (χ2v) is 7.40. The average molecular weight is 394 g/mol. The molecule has 0 bridgehead atoms. The number of nitrogens with one attached hydrogen (secondary N) is 2. The lowest BCUT2D eigenvalue weighted by Gasteiger charge is -2.14. The van der Waals surface area contributed by atoms with Crippen LogP contribution in [0, 0.1) is 6.92 Å². The van der Waals surface area contributed by atoms with Gasteiger partial charge in [0.05, 0.1) is 6.54 Å². The topological polar surface area (TPSA) is 54.2 Å². The van der Waals surface area contributed by atoms with E-state index in [0.29, 0.717) is 6.54 Å². The second kappa shape index (κ2) is 9.99. The molecule has 0 aliphatic carbocycles. The van der Waals surface area contributed by atoms with Gasteiger partial charge in [0.1, 0.15) is 5.82 Å². The van der Waals surface area contributed by atoms with Gasteiger partial charge >= 0.3 is 0 Å². The molecule has 0 radical (unpaired) electrons. The lowest BCUT2D eigenvalue weighted by Crippen LogP contribution is -2.37. The van der Waals surface area contributed by atoms with Crippen LogP contribution < -0.4 is 10.6 Å². The third kappa shape index (κ3) is 5.39. The van der Waals surface area contributed by atoms with Crippen molar-refractivity contribution in [3.63, 3.8) is 0 Å². The van der Waals surface area contributed by atoms with Gasteiger partial charge < -0.3 is 15.2 Å². The molecule has 3 aromatic rings. The van der Waals surface area contributed by atoms with E-state index in [2.05, 4.69) is 80.8 Å². The van der Waals surface area contributed by atoms with E-state index in [0.717, 1.165) is 24.9 Å². The third-order valence-electron chi connectivity index (χ3n) is 4.52. The van der Waals surface area contributed by atoms with E-state index in [9.17, 15) is 0 Å². The van der Waals surface area contributed by atoms with E-state index < -0.39 is 0 Å². The number of thioether (sulfide) groups is 1. The summed E-state index contributed by atoms with van der Waals surface area (Å²) >= 11 is 1.77. The average Bonchev–Trinajstić information content (AvgIpc) is 3.16. The van der Waals surface area contributed by atoms with Gasteiger partial charge in [0, 0.05) is 37.4 Å². The fraction of sp³-hybridized carbons (Fsp3) is 0.273. The number of hydrogen-bond acceptors (Lipinski definition) is 3. The first-order chi connectivity index (χ1) is 13.7. The summed E-state index contributed by atoms with van der Waals surface area (Å²) in [6.45, 7) is 4.27. The predicted molar refractivity (Wildman–Crippen MR) is 118 cm³/mol. The van der Waals surface area contributed by atoms with Crippen molar-refractivity contribution in [2.45, 2.75) is 31.5 Å². The maximum absolute atomic E-state index is 4.49. The van der Waals surface area contributed by atoms with Crippen LogP contribution in [0.1, 0.15) is 22.5 Å². The molecule has 0 spiro atoms. The van der Waals surface area contributed by atoms with Gasteiger partial charge in [0.15, 0.2) is 5.96 Å². The molecule has 0 unspecified atom stereocenters. The number of aryl methyl sites for hydroxylation is 1. The normalized spacial score (nSPS) is 11.5. The highest BCUT2D eigenvalue weighted by molar-refractivity contribution is 7.98. The molecule has 6 heteroatoms. The summed E-state index contributed by atoms with van der Waals surface area (Å²) in [5.41, 5.74) is 3.81. The summed E-state index contributed by atoms with van der Waals surface area (Å²) in [6, 6.07) is 16.9. The van der Waals surface area contributed by atoms with Crippen molar-refractivity contribution in [1.29, 1.82) is 0 Å².